The first kappa shape index (κ1) is 16.9. The van der Waals surface area contributed by atoms with E-state index >= 15 is 0 Å². The smallest absolute Gasteiger partial charge is 0.253 e. The number of nitrogens with two attached hydrogens (primary N) is 1. The van der Waals surface area contributed by atoms with Gasteiger partial charge in [-0.15, -0.1) is 0 Å². The summed E-state index contributed by atoms with van der Waals surface area (Å²) in [5.74, 6) is -0.246. The van der Waals surface area contributed by atoms with E-state index in [0.717, 1.165) is 12.8 Å². The van der Waals surface area contributed by atoms with Crippen LogP contribution in [0.15, 0.2) is 29.2 Å². The number of hydrogen-bond donors (Lipinski definition) is 3. The van der Waals surface area contributed by atoms with Crippen LogP contribution in [-0.4, -0.2) is 40.1 Å². The van der Waals surface area contributed by atoms with Gasteiger partial charge in [-0.1, -0.05) is 6.07 Å². The average Bonchev–Trinajstić information content (AvgIpc) is 2.54. The predicted molar refractivity (Wildman–Crippen MR) is 82.9 cm³/mol. The van der Waals surface area contributed by atoms with Crippen LogP contribution >= 0.6 is 0 Å². The fourth-order valence-corrected chi connectivity index (χ4v) is 3.28. The SMILES string of the molecule is NCCNS(=O)(=O)c1cccc(NC(=O)C2CCCCO2)c1. The minimum atomic E-state index is -3.62. The Hall–Kier alpha value is -1.48. The highest BCUT2D eigenvalue weighted by molar-refractivity contribution is 7.89. The van der Waals surface area contributed by atoms with E-state index < -0.39 is 16.1 Å². The van der Waals surface area contributed by atoms with E-state index in [4.69, 9.17) is 10.5 Å². The average molecular weight is 327 g/mol. The summed E-state index contributed by atoms with van der Waals surface area (Å²) in [5, 5.41) is 2.70. The molecule has 1 aromatic rings. The third-order valence-electron chi connectivity index (χ3n) is 3.32. The van der Waals surface area contributed by atoms with Crippen LogP contribution in [0.3, 0.4) is 0 Å². The van der Waals surface area contributed by atoms with E-state index in [1.54, 1.807) is 12.1 Å². The topological polar surface area (TPSA) is 111 Å². The maximum Gasteiger partial charge on any atom is 0.253 e. The Morgan fingerprint density at radius 2 is 2.18 bits per heavy atom. The lowest BCUT2D eigenvalue weighted by molar-refractivity contribution is -0.129. The predicted octanol–water partition coefficient (Wildman–Crippen LogP) is 0.431. The van der Waals surface area contributed by atoms with Crippen molar-refractivity contribution in [1.82, 2.24) is 4.72 Å². The van der Waals surface area contributed by atoms with Crippen molar-refractivity contribution in [2.45, 2.75) is 30.3 Å². The van der Waals surface area contributed by atoms with Crippen molar-refractivity contribution in [3.63, 3.8) is 0 Å². The molecule has 1 saturated heterocycles. The van der Waals surface area contributed by atoms with Crippen LogP contribution in [0.1, 0.15) is 19.3 Å². The van der Waals surface area contributed by atoms with E-state index in [1.165, 1.54) is 12.1 Å². The number of hydrogen-bond acceptors (Lipinski definition) is 5. The summed E-state index contributed by atoms with van der Waals surface area (Å²) in [4.78, 5) is 12.2. The van der Waals surface area contributed by atoms with Gasteiger partial charge in [0.2, 0.25) is 10.0 Å². The summed E-state index contributed by atoms with van der Waals surface area (Å²) in [6.07, 6.45) is 2.13. The van der Waals surface area contributed by atoms with Crippen molar-refractivity contribution in [1.29, 1.82) is 0 Å². The number of benzene rings is 1. The monoisotopic (exact) mass is 327 g/mol. The van der Waals surface area contributed by atoms with E-state index in [9.17, 15) is 13.2 Å². The van der Waals surface area contributed by atoms with E-state index in [0.29, 0.717) is 18.7 Å². The maximum absolute atomic E-state index is 12.1. The minimum Gasteiger partial charge on any atom is -0.368 e. The van der Waals surface area contributed by atoms with Gasteiger partial charge in [-0.2, -0.15) is 0 Å². The van der Waals surface area contributed by atoms with Gasteiger partial charge in [0.25, 0.3) is 5.91 Å². The van der Waals surface area contributed by atoms with Crippen molar-refractivity contribution in [2.24, 2.45) is 5.73 Å². The molecule has 1 unspecified atom stereocenters. The highest BCUT2D eigenvalue weighted by Crippen LogP contribution is 2.18. The number of amides is 1. The number of carbonyl (C=O) groups is 1. The molecular weight excluding hydrogens is 306 g/mol. The molecule has 122 valence electrons. The first-order valence-corrected chi connectivity index (χ1v) is 8.73. The molecule has 2 rings (SSSR count). The number of nitrogens with one attached hydrogen (secondary N) is 2. The second-order valence-electron chi connectivity index (χ2n) is 5.06. The largest absolute Gasteiger partial charge is 0.368 e. The van der Waals surface area contributed by atoms with Gasteiger partial charge in [-0.25, -0.2) is 13.1 Å². The molecular formula is C14H21N3O4S. The van der Waals surface area contributed by atoms with E-state index in [-0.39, 0.29) is 23.9 Å². The molecule has 4 N–H and O–H groups in total. The van der Waals surface area contributed by atoms with Gasteiger partial charge in [-0.05, 0) is 37.5 Å². The Morgan fingerprint density at radius 1 is 1.36 bits per heavy atom. The van der Waals surface area contributed by atoms with Crippen molar-refractivity contribution < 1.29 is 17.9 Å². The van der Waals surface area contributed by atoms with Gasteiger partial charge in [-0.3, -0.25) is 4.79 Å². The van der Waals surface area contributed by atoms with Gasteiger partial charge in [0.05, 0.1) is 4.90 Å². The van der Waals surface area contributed by atoms with Gasteiger partial charge >= 0.3 is 0 Å². The molecule has 1 amide bonds. The van der Waals surface area contributed by atoms with Crippen LogP contribution in [-0.2, 0) is 19.6 Å². The Bertz CT molecular complexity index is 612. The van der Waals surface area contributed by atoms with Crippen LogP contribution in [0.2, 0.25) is 0 Å². The number of ether oxygens (including phenoxy) is 1. The molecule has 1 aromatic carbocycles. The quantitative estimate of drug-likeness (QED) is 0.702. The normalized spacial score (nSPS) is 18.9. The zero-order valence-electron chi connectivity index (χ0n) is 12.2. The van der Waals surface area contributed by atoms with Gasteiger partial charge in [0.1, 0.15) is 6.10 Å². The molecule has 0 aliphatic carbocycles. The molecule has 8 heteroatoms. The van der Waals surface area contributed by atoms with Crippen molar-refractivity contribution in [2.75, 3.05) is 25.0 Å². The lowest BCUT2D eigenvalue weighted by Crippen LogP contribution is -2.33. The molecule has 22 heavy (non-hydrogen) atoms. The number of sulfonamides is 1. The summed E-state index contributed by atoms with van der Waals surface area (Å²) in [6.45, 7) is 0.957. The molecule has 7 nitrogen and oxygen atoms in total. The first-order valence-electron chi connectivity index (χ1n) is 7.25. The van der Waals surface area contributed by atoms with Crippen LogP contribution in [0.5, 0.6) is 0 Å². The Labute approximate surface area is 130 Å². The molecule has 0 radical (unpaired) electrons. The third-order valence-corrected chi connectivity index (χ3v) is 4.78. The molecule has 0 bridgehead atoms. The van der Waals surface area contributed by atoms with Gasteiger partial charge < -0.3 is 15.8 Å². The van der Waals surface area contributed by atoms with Gasteiger partial charge in [0.15, 0.2) is 0 Å². The van der Waals surface area contributed by atoms with Crippen molar-refractivity contribution in [3.8, 4) is 0 Å². The molecule has 0 aromatic heterocycles. The van der Waals surface area contributed by atoms with Crippen LogP contribution in [0.4, 0.5) is 5.69 Å². The Kier molecular flexibility index (Phi) is 5.90. The van der Waals surface area contributed by atoms with Gasteiger partial charge in [0, 0.05) is 25.4 Å². The number of rotatable bonds is 6. The minimum absolute atomic E-state index is 0.0864. The van der Waals surface area contributed by atoms with Crippen molar-refractivity contribution in [3.05, 3.63) is 24.3 Å². The molecule has 0 saturated carbocycles. The third kappa shape index (κ3) is 4.51. The summed E-state index contributed by atoms with van der Waals surface area (Å²) >= 11 is 0. The van der Waals surface area contributed by atoms with Crippen LogP contribution in [0.25, 0.3) is 0 Å². The Balaban J connectivity index is 2.06. The summed E-state index contributed by atoms with van der Waals surface area (Å²) < 4.78 is 31.8. The van der Waals surface area contributed by atoms with E-state index in [2.05, 4.69) is 10.0 Å². The summed E-state index contributed by atoms with van der Waals surface area (Å²) in [7, 11) is -3.62. The second-order valence-corrected chi connectivity index (χ2v) is 6.83. The highest BCUT2D eigenvalue weighted by Gasteiger charge is 2.22. The molecule has 0 spiro atoms. The fourth-order valence-electron chi connectivity index (χ4n) is 2.19. The number of carbonyl (C=O) groups excluding carboxylic acids is 1. The molecule has 1 heterocycles. The zero-order chi connectivity index (χ0) is 16.0. The summed E-state index contributed by atoms with van der Waals surface area (Å²) in [6, 6.07) is 6.10. The molecule has 1 aliphatic heterocycles. The second kappa shape index (κ2) is 7.68. The standard InChI is InChI=1S/C14H21N3O4S/c15-7-8-16-22(19,20)12-5-3-4-11(10-12)17-14(18)13-6-1-2-9-21-13/h3-5,10,13,16H,1-2,6-9,15H2,(H,17,18). The van der Waals surface area contributed by atoms with Crippen LogP contribution in [0, 0.1) is 0 Å². The summed E-state index contributed by atoms with van der Waals surface area (Å²) in [5.41, 5.74) is 5.72. The zero-order valence-corrected chi connectivity index (χ0v) is 13.1. The fraction of sp³-hybridized carbons (Fsp3) is 0.500. The lowest BCUT2D eigenvalue weighted by atomic mass is 10.1. The molecule has 1 aliphatic rings. The van der Waals surface area contributed by atoms with Crippen LogP contribution < -0.4 is 15.8 Å². The van der Waals surface area contributed by atoms with E-state index in [1.807, 2.05) is 0 Å². The van der Waals surface area contributed by atoms with Crippen molar-refractivity contribution >= 4 is 21.6 Å². The molecule has 1 fully saturated rings. The lowest BCUT2D eigenvalue weighted by Gasteiger charge is -2.21. The highest BCUT2D eigenvalue weighted by atomic mass is 32.2. The Morgan fingerprint density at radius 3 is 2.86 bits per heavy atom. The first-order chi connectivity index (χ1) is 10.5. The molecule has 1 atom stereocenters. The maximum atomic E-state index is 12.1. The number of anilines is 1.